The van der Waals surface area contributed by atoms with E-state index in [0.29, 0.717) is 22.3 Å². The zero-order valence-electron chi connectivity index (χ0n) is 10.6. The molecule has 0 saturated carbocycles. The van der Waals surface area contributed by atoms with Crippen LogP contribution in [0.15, 0.2) is 40.1 Å². The van der Waals surface area contributed by atoms with E-state index in [0.717, 1.165) is 9.35 Å². The van der Waals surface area contributed by atoms with E-state index in [-0.39, 0.29) is 11.5 Å². The van der Waals surface area contributed by atoms with Crippen molar-refractivity contribution in [2.24, 2.45) is 0 Å². The molecule has 1 amide bonds. The Morgan fingerprint density at radius 1 is 1.38 bits per heavy atom. The Hall–Kier alpha value is -2.06. The van der Waals surface area contributed by atoms with Gasteiger partial charge in [-0.1, -0.05) is 0 Å². The number of thiophene rings is 1. The van der Waals surface area contributed by atoms with Gasteiger partial charge in [0.25, 0.3) is 11.5 Å². The monoisotopic (exact) mass is 364 g/mol. The highest BCUT2D eigenvalue weighted by Crippen LogP contribution is 2.20. The number of nitrogens with zero attached hydrogens (tertiary/aromatic N) is 2. The summed E-state index contributed by atoms with van der Waals surface area (Å²) in [6, 6.07) is 3.44. The second-order valence-electron chi connectivity index (χ2n) is 4.24. The lowest BCUT2D eigenvalue weighted by molar-refractivity contribution is 0.0951. The van der Waals surface area contributed by atoms with E-state index in [1.165, 1.54) is 23.9 Å². The van der Waals surface area contributed by atoms with Crippen molar-refractivity contribution >= 4 is 43.4 Å². The van der Waals surface area contributed by atoms with E-state index >= 15 is 0 Å². The first-order chi connectivity index (χ1) is 10.1. The predicted molar refractivity (Wildman–Crippen MR) is 83.3 cm³/mol. The van der Waals surface area contributed by atoms with Crippen molar-refractivity contribution in [3.05, 3.63) is 56.1 Å². The minimum Gasteiger partial charge on any atom is -0.347 e. The number of carbonyl (C=O) groups excluding carboxylic acids is 1. The summed E-state index contributed by atoms with van der Waals surface area (Å²) >= 11 is 4.65. The third kappa shape index (κ3) is 3.01. The zero-order valence-corrected chi connectivity index (χ0v) is 13.0. The first-order valence-electron chi connectivity index (χ1n) is 5.98. The molecule has 0 radical (unpaired) electrons. The van der Waals surface area contributed by atoms with Crippen LogP contribution in [0, 0.1) is 0 Å². The van der Waals surface area contributed by atoms with Crippen molar-refractivity contribution < 1.29 is 4.79 Å². The topological polar surface area (TPSA) is 87.7 Å². The molecule has 0 unspecified atom stereocenters. The molecule has 0 atom stereocenters. The van der Waals surface area contributed by atoms with Crippen LogP contribution in [-0.4, -0.2) is 20.9 Å². The Balaban J connectivity index is 1.76. The maximum atomic E-state index is 12.0. The van der Waals surface area contributed by atoms with Gasteiger partial charge in [-0.05, 0) is 28.1 Å². The standard InChI is InChI=1S/C13H9BrN4O2S/c14-8-1-7(3-15-4-8)11(19)16-5-9-2-10-12(20)17-6-18-13(10)21-9/h1-4,6H,5H2,(H,16,19)(H,17,18,20). The van der Waals surface area contributed by atoms with Crippen molar-refractivity contribution in [3.8, 4) is 0 Å². The summed E-state index contributed by atoms with van der Waals surface area (Å²) in [6.45, 7) is 0.339. The number of H-pyrrole nitrogens is 1. The number of halogens is 1. The number of hydrogen-bond acceptors (Lipinski definition) is 5. The highest BCUT2D eigenvalue weighted by Gasteiger charge is 2.09. The van der Waals surface area contributed by atoms with Crippen LogP contribution in [0.3, 0.4) is 0 Å². The predicted octanol–water partition coefficient (Wildman–Crippen LogP) is 2.07. The van der Waals surface area contributed by atoms with Crippen LogP contribution in [-0.2, 0) is 6.54 Å². The molecule has 0 fully saturated rings. The second-order valence-corrected chi connectivity index (χ2v) is 6.27. The number of aromatic amines is 1. The molecule has 0 aliphatic carbocycles. The molecule has 2 N–H and O–H groups in total. The molecule has 3 aromatic rings. The Labute approximate surface area is 131 Å². The van der Waals surface area contributed by atoms with Crippen LogP contribution >= 0.6 is 27.3 Å². The maximum Gasteiger partial charge on any atom is 0.259 e. The minimum atomic E-state index is -0.219. The SMILES string of the molecule is O=C(NCc1cc2c(=O)[nH]cnc2s1)c1cncc(Br)c1. The molecular formula is C13H9BrN4O2S. The summed E-state index contributed by atoms with van der Waals surface area (Å²) in [4.78, 5) is 35.7. The van der Waals surface area contributed by atoms with Crippen LogP contribution in [0.5, 0.6) is 0 Å². The van der Waals surface area contributed by atoms with E-state index in [9.17, 15) is 9.59 Å². The van der Waals surface area contributed by atoms with Gasteiger partial charge in [0.15, 0.2) is 0 Å². The van der Waals surface area contributed by atoms with Gasteiger partial charge in [0, 0.05) is 21.7 Å². The van der Waals surface area contributed by atoms with E-state index in [1.807, 2.05) is 0 Å². The second kappa shape index (κ2) is 5.74. The molecular weight excluding hydrogens is 356 g/mol. The summed E-state index contributed by atoms with van der Waals surface area (Å²) < 4.78 is 0.743. The fourth-order valence-corrected chi connectivity index (χ4v) is 3.11. The molecule has 0 bridgehead atoms. The molecule has 6 nitrogen and oxygen atoms in total. The van der Waals surface area contributed by atoms with Gasteiger partial charge in [-0.3, -0.25) is 14.6 Å². The van der Waals surface area contributed by atoms with Crippen molar-refractivity contribution in [3.63, 3.8) is 0 Å². The number of amides is 1. The third-order valence-electron chi connectivity index (χ3n) is 2.78. The quantitative estimate of drug-likeness (QED) is 0.744. The van der Waals surface area contributed by atoms with Gasteiger partial charge in [0.1, 0.15) is 4.83 Å². The van der Waals surface area contributed by atoms with Gasteiger partial charge in [0.05, 0.1) is 23.8 Å². The lowest BCUT2D eigenvalue weighted by Crippen LogP contribution is -2.22. The lowest BCUT2D eigenvalue weighted by atomic mass is 10.2. The van der Waals surface area contributed by atoms with Crippen molar-refractivity contribution in [2.75, 3.05) is 0 Å². The van der Waals surface area contributed by atoms with Gasteiger partial charge < -0.3 is 10.3 Å². The summed E-state index contributed by atoms with van der Waals surface area (Å²) in [7, 11) is 0. The van der Waals surface area contributed by atoms with Crippen LogP contribution < -0.4 is 10.9 Å². The lowest BCUT2D eigenvalue weighted by Gasteiger charge is -2.03. The Bertz CT molecular complexity index is 874. The van der Waals surface area contributed by atoms with Crippen molar-refractivity contribution in [1.29, 1.82) is 0 Å². The van der Waals surface area contributed by atoms with Crippen LogP contribution in [0.1, 0.15) is 15.2 Å². The molecule has 0 aromatic carbocycles. The number of aromatic nitrogens is 3. The molecule has 0 aliphatic rings. The van der Waals surface area contributed by atoms with E-state index in [4.69, 9.17) is 0 Å². The van der Waals surface area contributed by atoms with Gasteiger partial charge >= 0.3 is 0 Å². The zero-order chi connectivity index (χ0) is 14.8. The van der Waals surface area contributed by atoms with Crippen LogP contribution in [0.25, 0.3) is 10.2 Å². The molecule has 0 spiro atoms. The average molecular weight is 365 g/mol. The van der Waals surface area contributed by atoms with Gasteiger partial charge in [0.2, 0.25) is 0 Å². The Morgan fingerprint density at radius 3 is 3.00 bits per heavy atom. The van der Waals surface area contributed by atoms with Crippen LogP contribution in [0.4, 0.5) is 0 Å². The third-order valence-corrected chi connectivity index (χ3v) is 4.25. The van der Waals surface area contributed by atoms with Gasteiger partial charge in [-0.25, -0.2) is 4.98 Å². The molecule has 3 rings (SSSR count). The Kier molecular flexibility index (Phi) is 3.80. The highest BCUT2D eigenvalue weighted by molar-refractivity contribution is 9.10. The van der Waals surface area contributed by atoms with Crippen molar-refractivity contribution in [1.82, 2.24) is 20.3 Å². The summed E-state index contributed by atoms with van der Waals surface area (Å²) in [5.41, 5.74) is 0.298. The number of rotatable bonds is 3. The first-order valence-corrected chi connectivity index (χ1v) is 7.59. The number of pyridine rings is 1. The summed E-state index contributed by atoms with van der Waals surface area (Å²) in [5, 5.41) is 3.33. The highest BCUT2D eigenvalue weighted by atomic mass is 79.9. The Morgan fingerprint density at radius 2 is 2.24 bits per heavy atom. The number of hydrogen-bond donors (Lipinski definition) is 2. The molecule has 3 aromatic heterocycles. The van der Waals surface area contributed by atoms with Crippen molar-refractivity contribution in [2.45, 2.75) is 6.54 Å². The van der Waals surface area contributed by atoms with Gasteiger partial charge in [-0.15, -0.1) is 11.3 Å². The largest absolute Gasteiger partial charge is 0.347 e. The van der Waals surface area contributed by atoms with E-state index in [1.54, 1.807) is 18.3 Å². The first kappa shape index (κ1) is 13.9. The molecule has 21 heavy (non-hydrogen) atoms. The fraction of sp³-hybridized carbons (Fsp3) is 0.0769. The molecule has 0 saturated heterocycles. The maximum absolute atomic E-state index is 12.0. The molecule has 106 valence electrons. The van der Waals surface area contributed by atoms with E-state index in [2.05, 4.69) is 36.2 Å². The molecule has 0 aliphatic heterocycles. The summed E-state index contributed by atoms with van der Waals surface area (Å²) in [6.07, 6.45) is 4.48. The molecule has 8 heteroatoms. The number of carbonyl (C=O) groups is 1. The normalized spacial score (nSPS) is 10.7. The summed E-state index contributed by atoms with van der Waals surface area (Å²) in [5.74, 6) is -0.219. The minimum absolute atomic E-state index is 0.176. The molecule has 3 heterocycles. The van der Waals surface area contributed by atoms with E-state index < -0.39 is 0 Å². The number of fused-ring (bicyclic) bond motifs is 1. The average Bonchev–Trinajstić information content (AvgIpc) is 2.89. The smallest absolute Gasteiger partial charge is 0.259 e. The number of nitrogens with one attached hydrogen (secondary N) is 2. The van der Waals surface area contributed by atoms with Crippen LogP contribution in [0.2, 0.25) is 0 Å². The van der Waals surface area contributed by atoms with Gasteiger partial charge in [-0.2, -0.15) is 0 Å². The fourth-order valence-electron chi connectivity index (χ4n) is 1.81.